The molecule has 8 heteroatoms. The van der Waals surface area contributed by atoms with E-state index in [4.69, 9.17) is 9.72 Å². The number of pyridine rings is 2. The molecule has 1 saturated heterocycles. The van der Waals surface area contributed by atoms with Crippen LogP contribution in [0.2, 0.25) is 0 Å². The minimum Gasteiger partial charge on any atom is -0.490 e. The van der Waals surface area contributed by atoms with Crippen LogP contribution in [-0.4, -0.2) is 43.8 Å². The van der Waals surface area contributed by atoms with Gasteiger partial charge in [0.2, 0.25) is 0 Å². The highest BCUT2D eigenvalue weighted by Gasteiger charge is 2.19. The monoisotopic (exact) mass is 513 g/mol. The van der Waals surface area contributed by atoms with Crippen LogP contribution >= 0.6 is 0 Å². The van der Waals surface area contributed by atoms with Gasteiger partial charge >= 0.3 is 0 Å². The lowest BCUT2D eigenvalue weighted by Crippen LogP contribution is -2.33. The Kier molecular flexibility index (Phi) is 6.92. The lowest BCUT2D eigenvalue weighted by Gasteiger charge is -2.30. The van der Waals surface area contributed by atoms with E-state index in [0.717, 1.165) is 54.0 Å². The summed E-state index contributed by atoms with van der Waals surface area (Å²) in [6, 6.07) is 18.5. The lowest BCUT2D eigenvalue weighted by atomic mass is 9.97. The summed E-state index contributed by atoms with van der Waals surface area (Å²) in [5, 5.41) is 14.1. The van der Waals surface area contributed by atoms with E-state index in [-0.39, 0.29) is 0 Å². The van der Waals surface area contributed by atoms with Crippen molar-refractivity contribution < 1.29 is 4.74 Å². The van der Waals surface area contributed by atoms with Gasteiger partial charge in [-0.05, 0) is 43.2 Å². The maximum absolute atomic E-state index is 9.68. The van der Waals surface area contributed by atoms with E-state index < -0.39 is 0 Å². The smallest absolute Gasteiger partial charge is 0.138 e. The third kappa shape index (κ3) is 5.46. The Balaban J connectivity index is 1.17. The minimum atomic E-state index is 0.400. The molecular formula is C31H27N7O. The molecule has 0 saturated carbocycles. The fourth-order valence-electron chi connectivity index (χ4n) is 4.86. The summed E-state index contributed by atoms with van der Waals surface area (Å²) in [6.45, 7) is 3.01. The summed E-state index contributed by atoms with van der Waals surface area (Å²) in [5.41, 5.74) is 4.09. The molecule has 0 radical (unpaired) electrons. The average Bonchev–Trinajstić information content (AvgIpc) is 3.67. The van der Waals surface area contributed by atoms with Crippen molar-refractivity contribution in [1.29, 1.82) is 5.26 Å². The largest absolute Gasteiger partial charge is 0.490 e. The molecule has 4 aromatic heterocycles. The first kappa shape index (κ1) is 24.3. The van der Waals surface area contributed by atoms with Crippen LogP contribution in [-0.2, 0) is 6.54 Å². The van der Waals surface area contributed by atoms with E-state index in [9.17, 15) is 5.26 Å². The van der Waals surface area contributed by atoms with Crippen LogP contribution in [0.3, 0.4) is 0 Å². The Morgan fingerprint density at radius 3 is 2.67 bits per heavy atom. The molecule has 1 aromatic carbocycles. The Bertz CT molecular complexity index is 1650. The molecule has 0 N–H and O–H groups in total. The van der Waals surface area contributed by atoms with Crippen LogP contribution < -0.4 is 9.64 Å². The summed E-state index contributed by atoms with van der Waals surface area (Å²) >= 11 is 0. The molecule has 0 unspecified atom stereocenters. The van der Waals surface area contributed by atoms with Crippen molar-refractivity contribution in [1.82, 2.24) is 24.1 Å². The summed E-state index contributed by atoms with van der Waals surface area (Å²) in [5.74, 6) is 8.78. The van der Waals surface area contributed by atoms with Gasteiger partial charge in [0.1, 0.15) is 24.2 Å². The summed E-state index contributed by atoms with van der Waals surface area (Å²) in [4.78, 5) is 11.2. The fourth-order valence-corrected chi connectivity index (χ4v) is 4.86. The van der Waals surface area contributed by atoms with E-state index >= 15 is 0 Å². The Labute approximate surface area is 227 Å². The molecule has 1 aliphatic rings. The first-order valence-corrected chi connectivity index (χ1v) is 13.0. The van der Waals surface area contributed by atoms with Crippen molar-refractivity contribution in [2.24, 2.45) is 5.92 Å². The third-order valence-corrected chi connectivity index (χ3v) is 6.96. The van der Waals surface area contributed by atoms with Crippen LogP contribution in [0.15, 0.2) is 85.8 Å². The number of aromatic nitrogens is 5. The van der Waals surface area contributed by atoms with Gasteiger partial charge in [0.15, 0.2) is 0 Å². The van der Waals surface area contributed by atoms with Crippen molar-refractivity contribution >= 4 is 11.3 Å². The van der Waals surface area contributed by atoms with Gasteiger partial charge in [0.05, 0.1) is 36.3 Å². The zero-order chi connectivity index (χ0) is 26.4. The maximum atomic E-state index is 9.68. The highest BCUT2D eigenvalue weighted by molar-refractivity contribution is 5.85. The number of hydrogen-bond acceptors (Lipinski definition) is 6. The van der Waals surface area contributed by atoms with Gasteiger partial charge in [-0.2, -0.15) is 10.4 Å². The van der Waals surface area contributed by atoms with Crippen LogP contribution in [0, 0.1) is 29.1 Å². The normalized spacial score (nSPS) is 13.6. The van der Waals surface area contributed by atoms with Crippen molar-refractivity contribution in [2.45, 2.75) is 19.4 Å². The van der Waals surface area contributed by atoms with Gasteiger partial charge in [-0.15, -0.1) is 0 Å². The van der Waals surface area contributed by atoms with Gasteiger partial charge in [-0.3, -0.25) is 0 Å². The van der Waals surface area contributed by atoms with Crippen molar-refractivity contribution in [3.05, 3.63) is 97.0 Å². The predicted octanol–water partition coefficient (Wildman–Crippen LogP) is 4.81. The highest BCUT2D eigenvalue weighted by atomic mass is 16.5. The van der Waals surface area contributed by atoms with E-state index in [2.05, 4.69) is 45.0 Å². The maximum Gasteiger partial charge on any atom is 0.138 e. The molecule has 1 fully saturated rings. The average molecular weight is 514 g/mol. The van der Waals surface area contributed by atoms with Crippen molar-refractivity contribution in [3.63, 3.8) is 0 Å². The lowest BCUT2D eigenvalue weighted by molar-refractivity contribution is 0.296. The Hall–Kier alpha value is -5.08. The third-order valence-electron chi connectivity index (χ3n) is 6.96. The standard InChI is InChI=1S/C31H27N7O/c32-19-27-21-35-38-22-28(39-17-16-36-15-12-33-23-36)18-29(31(27)38)26-8-9-30(34-20-26)37-13-10-25(11-14-37)7-6-24-4-2-1-3-5-24/h1-5,8-9,12,15,18,20-23,25H,10-11,13-14,16-17H2. The predicted molar refractivity (Wildman–Crippen MR) is 149 cm³/mol. The molecule has 0 spiro atoms. The van der Waals surface area contributed by atoms with Gasteiger partial charge in [0, 0.05) is 54.3 Å². The molecule has 0 bridgehead atoms. The molecule has 0 atom stereocenters. The minimum absolute atomic E-state index is 0.400. The van der Waals surface area contributed by atoms with Crippen molar-refractivity contribution in [2.75, 3.05) is 24.6 Å². The van der Waals surface area contributed by atoms with E-state index in [1.807, 2.05) is 53.4 Å². The number of ether oxygens (including phenoxy) is 1. The summed E-state index contributed by atoms with van der Waals surface area (Å²) in [6.07, 6.45) is 12.7. The number of anilines is 1. The topological polar surface area (TPSA) is 84.3 Å². The zero-order valence-electron chi connectivity index (χ0n) is 21.4. The molecule has 8 nitrogen and oxygen atoms in total. The first-order valence-electron chi connectivity index (χ1n) is 13.0. The number of nitriles is 1. The molecule has 5 aromatic rings. The molecule has 6 rings (SSSR count). The Morgan fingerprint density at radius 2 is 1.92 bits per heavy atom. The van der Waals surface area contributed by atoms with Gasteiger partial charge in [-0.25, -0.2) is 14.5 Å². The summed E-state index contributed by atoms with van der Waals surface area (Å²) in [7, 11) is 0. The molecule has 0 aliphatic carbocycles. The van der Waals surface area contributed by atoms with Gasteiger partial charge in [0.25, 0.3) is 0 Å². The number of imidazole rings is 1. The summed E-state index contributed by atoms with van der Waals surface area (Å²) < 4.78 is 9.70. The molecule has 1 aliphatic heterocycles. The van der Waals surface area contributed by atoms with Crippen LogP contribution in [0.5, 0.6) is 5.75 Å². The van der Waals surface area contributed by atoms with Crippen LogP contribution in [0.4, 0.5) is 5.82 Å². The first-order chi connectivity index (χ1) is 19.3. The number of piperidine rings is 1. The van der Waals surface area contributed by atoms with E-state index in [1.165, 1.54) is 0 Å². The number of nitrogens with zero attached hydrogens (tertiary/aromatic N) is 7. The second kappa shape index (κ2) is 11.1. The number of fused-ring (bicyclic) bond motifs is 1. The Morgan fingerprint density at radius 1 is 1.05 bits per heavy atom. The molecule has 5 heterocycles. The molecule has 0 amide bonds. The van der Waals surface area contributed by atoms with Crippen molar-refractivity contribution in [3.8, 4) is 34.8 Å². The molecular weight excluding hydrogens is 486 g/mol. The molecule has 39 heavy (non-hydrogen) atoms. The van der Waals surface area contributed by atoms with Crippen LogP contribution in [0.1, 0.15) is 24.0 Å². The SMILES string of the molecule is N#Cc1cnn2cc(OCCn3ccnc3)cc(-c3ccc(N4CCC(C#Cc5ccccc5)CC4)nc3)c12. The quantitative estimate of drug-likeness (QED) is 0.303. The number of hydrogen-bond donors (Lipinski definition) is 0. The number of rotatable bonds is 6. The van der Waals surface area contributed by atoms with E-state index in [0.29, 0.717) is 30.4 Å². The second-order valence-electron chi connectivity index (χ2n) is 9.50. The molecule has 192 valence electrons. The van der Waals surface area contributed by atoms with Gasteiger partial charge < -0.3 is 14.2 Å². The highest BCUT2D eigenvalue weighted by Crippen LogP contribution is 2.32. The fraction of sp³-hybridized carbons (Fsp3) is 0.226. The second-order valence-corrected chi connectivity index (χ2v) is 9.50. The van der Waals surface area contributed by atoms with E-state index in [1.54, 1.807) is 29.4 Å². The zero-order valence-corrected chi connectivity index (χ0v) is 21.4. The number of benzene rings is 1. The van der Waals surface area contributed by atoms with Crippen LogP contribution in [0.25, 0.3) is 16.6 Å². The van der Waals surface area contributed by atoms with Gasteiger partial charge in [-0.1, -0.05) is 30.0 Å².